The average molecular weight is 324 g/mol. The molecule has 2 heterocycles. The highest BCUT2D eigenvalue weighted by Gasteiger charge is 2.52. The van der Waals surface area contributed by atoms with E-state index in [9.17, 15) is 9.50 Å². The fourth-order valence-electron chi connectivity index (χ4n) is 2.55. The molecule has 2 atom stereocenters. The highest BCUT2D eigenvalue weighted by atomic mass is 19.1. The first kappa shape index (κ1) is 16.7. The molecule has 0 aliphatic carbocycles. The zero-order valence-electron chi connectivity index (χ0n) is 13.8. The van der Waals surface area contributed by atoms with Crippen LogP contribution in [0, 0.1) is 5.82 Å². The Hall–Kier alpha value is -1.15. The summed E-state index contributed by atoms with van der Waals surface area (Å²) in [5.41, 5.74) is -0.714. The molecule has 1 aromatic rings. The molecule has 0 bridgehead atoms. The molecule has 3 rings (SSSR count). The molecule has 0 saturated carbocycles. The van der Waals surface area contributed by atoms with Crippen LogP contribution in [0.15, 0.2) is 18.2 Å². The van der Waals surface area contributed by atoms with Crippen LogP contribution in [0.25, 0.3) is 0 Å². The monoisotopic (exact) mass is 324 g/mol. The Morgan fingerprint density at radius 1 is 1.17 bits per heavy atom. The minimum atomic E-state index is -0.755. The number of benzene rings is 1. The normalized spacial score (nSPS) is 29.0. The number of rotatable bonds is 3. The molecule has 0 amide bonds. The van der Waals surface area contributed by atoms with Gasteiger partial charge in [0, 0.05) is 11.5 Å². The van der Waals surface area contributed by atoms with Crippen molar-refractivity contribution in [3.05, 3.63) is 24.0 Å². The molecule has 126 valence electrons. The summed E-state index contributed by atoms with van der Waals surface area (Å²) in [6, 6.07) is 4.52. The van der Waals surface area contributed by atoms with Gasteiger partial charge < -0.3 is 23.9 Å². The lowest BCUT2D eigenvalue weighted by Gasteiger charge is -2.32. The third-order valence-corrected chi connectivity index (χ3v) is 4.77. The predicted octanol–water partition coefficient (Wildman–Crippen LogP) is 1.26. The van der Waals surface area contributed by atoms with Crippen LogP contribution in [-0.2, 0) is 14.0 Å². The Kier molecular flexibility index (Phi) is 4.17. The van der Waals surface area contributed by atoms with Crippen molar-refractivity contribution in [2.75, 3.05) is 13.2 Å². The molecule has 7 heteroatoms. The van der Waals surface area contributed by atoms with Gasteiger partial charge in [-0.1, -0.05) is 6.07 Å². The molecule has 1 N–H and O–H groups in total. The fraction of sp³-hybridized carbons (Fsp3) is 0.625. The van der Waals surface area contributed by atoms with Crippen LogP contribution < -0.4 is 10.2 Å². The van der Waals surface area contributed by atoms with Gasteiger partial charge >= 0.3 is 7.12 Å². The second kappa shape index (κ2) is 5.74. The molecule has 1 aromatic carbocycles. The lowest BCUT2D eigenvalue weighted by Crippen LogP contribution is -2.41. The SMILES string of the molecule is CC1(C)OB(c2ccc(OC3COC[C@H]3O)cc2F)OC1(C)C. The summed E-state index contributed by atoms with van der Waals surface area (Å²) in [7, 11) is -0.755. The molecule has 2 aliphatic heterocycles. The van der Waals surface area contributed by atoms with Crippen LogP contribution in [0.5, 0.6) is 5.75 Å². The second-order valence-electron chi connectivity index (χ2n) is 7.03. The van der Waals surface area contributed by atoms with E-state index in [2.05, 4.69) is 0 Å². The zero-order chi connectivity index (χ0) is 16.8. The first-order chi connectivity index (χ1) is 10.7. The molecule has 2 saturated heterocycles. The number of hydrogen-bond donors (Lipinski definition) is 1. The highest BCUT2D eigenvalue weighted by molar-refractivity contribution is 6.62. The van der Waals surface area contributed by atoms with Gasteiger partial charge in [0.15, 0.2) is 0 Å². The van der Waals surface area contributed by atoms with Crippen LogP contribution in [0.3, 0.4) is 0 Å². The molecule has 0 aromatic heterocycles. The summed E-state index contributed by atoms with van der Waals surface area (Å²) in [5.74, 6) is -0.119. The number of halogens is 1. The maximum absolute atomic E-state index is 14.4. The van der Waals surface area contributed by atoms with Crippen molar-refractivity contribution < 1.29 is 28.3 Å². The van der Waals surface area contributed by atoms with Crippen molar-refractivity contribution in [1.82, 2.24) is 0 Å². The van der Waals surface area contributed by atoms with Gasteiger partial charge in [-0.05, 0) is 33.8 Å². The van der Waals surface area contributed by atoms with E-state index in [1.807, 2.05) is 27.7 Å². The largest absolute Gasteiger partial charge is 0.497 e. The van der Waals surface area contributed by atoms with Gasteiger partial charge in [-0.2, -0.15) is 0 Å². The van der Waals surface area contributed by atoms with Crippen LogP contribution in [0.4, 0.5) is 4.39 Å². The van der Waals surface area contributed by atoms with Gasteiger partial charge in [-0.15, -0.1) is 0 Å². The van der Waals surface area contributed by atoms with E-state index in [0.717, 1.165) is 0 Å². The summed E-state index contributed by atoms with van der Waals surface area (Å²) >= 11 is 0. The maximum atomic E-state index is 14.4. The summed E-state index contributed by atoms with van der Waals surface area (Å²) < 4.78 is 36.8. The summed E-state index contributed by atoms with van der Waals surface area (Å²) in [6.45, 7) is 8.21. The van der Waals surface area contributed by atoms with E-state index in [1.54, 1.807) is 12.1 Å². The smallest absolute Gasteiger partial charge is 0.485 e. The van der Waals surface area contributed by atoms with E-state index >= 15 is 0 Å². The van der Waals surface area contributed by atoms with E-state index in [-0.39, 0.29) is 6.61 Å². The van der Waals surface area contributed by atoms with E-state index < -0.39 is 36.3 Å². The summed E-state index contributed by atoms with van der Waals surface area (Å²) in [5, 5.41) is 9.68. The third kappa shape index (κ3) is 3.11. The first-order valence-electron chi connectivity index (χ1n) is 7.77. The summed E-state index contributed by atoms with van der Waals surface area (Å²) in [4.78, 5) is 0. The van der Waals surface area contributed by atoms with Gasteiger partial charge in [0.05, 0.1) is 24.4 Å². The molecular formula is C16H22BFO5. The van der Waals surface area contributed by atoms with Gasteiger partial charge in [0.2, 0.25) is 0 Å². The Labute approximate surface area is 135 Å². The minimum Gasteiger partial charge on any atom is -0.485 e. The number of aliphatic hydroxyl groups excluding tert-OH is 1. The molecule has 2 aliphatic rings. The maximum Gasteiger partial charge on any atom is 0.497 e. The quantitative estimate of drug-likeness (QED) is 0.849. The molecule has 23 heavy (non-hydrogen) atoms. The van der Waals surface area contributed by atoms with Gasteiger partial charge in [-0.3, -0.25) is 0 Å². The van der Waals surface area contributed by atoms with E-state index in [4.69, 9.17) is 18.8 Å². The topological polar surface area (TPSA) is 57.2 Å². The van der Waals surface area contributed by atoms with Crippen LogP contribution in [-0.4, -0.2) is 48.8 Å². The Bertz CT molecular complexity index is 576. The molecule has 5 nitrogen and oxygen atoms in total. The van der Waals surface area contributed by atoms with Gasteiger partial charge in [-0.25, -0.2) is 4.39 Å². The number of ether oxygens (including phenoxy) is 2. The van der Waals surface area contributed by atoms with Crippen LogP contribution in [0.1, 0.15) is 27.7 Å². The average Bonchev–Trinajstić information content (AvgIpc) is 2.91. The first-order valence-corrected chi connectivity index (χ1v) is 7.77. The van der Waals surface area contributed by atoms with E-state index in [0.29, 0.717) is 17.8 Å². The fourth-order valence-corrected chi connectivity index (χ4v) is 2.55. The van der Waals surface area contributed by atoms with Crippen LogP contribution in [0.2, 0.25) is 0 Å². The van der Waals surface area contributed by atoms with Gasteiger partial charge in [0.25, 0.3) is 0 Å². The molecule has 0 spiro atoms. The molecule has 2 fully saturated rings. The third-order valence-electron chi connectivity index (χ3n) is 4.77. The second-order valence-corrected chi connectivity index (χ2v) is 7.03. The Morgan fingerprint density at radius 3 is 2.35 bits per heavy atom. The summed E-state index contributed by atoms with van der Waals surface area (Å²) in [6.07, 6.45) is -1.17. The number of hydrogen-bond acceptors (Lipinski definition) is 5. The zero-order valence-corrected chi connectivity index (χ0v) is 13.8. The Balaban J connectivity index is 1.75. The predicted molar refractivity (Wildman–Crippen MR) is 83.4 cm³/mol. The van der Waals surface area contributed by atoms with Gasteiger partial charge in [0.1, 0.15) is 23.8 Å². The standard InChI is InChI=1S/C16H22BFO5/c1-15(2)16(3,4)23-17(22-15)11-6-5-10(7-12(11)18)21-14-9-20-8-13(14)19/h5-7,13-14,19H,8-9H2,1-4H3/t13-,14?/m1/s1. The molecule has 1 unspecified atom stereocenters. The molecular weight excluding hydrogens is 302 g/mol. The van der Waals surface area contributed by atoms with Crippen molar-refractivity contribution in [2.45, 2.75) is 51.1 Å². The lowest BCUT2D eigenvalue weighted by atomic mass is 9.78. The highest BCUT2D eigenvalue weighted by Crippen LogP contribution is 2.36. The molecule has 0 radical (unpaired) electrons. The van der Waals surface area contributed by atoms with Crippen molar-refractivity contribution in [3.63, 3.8) is 0 Å². The van der Waals surface area contributed by atoms with Crippen molar-refractivity contribution in [2.24, 2.45) is 0 Å². The van der Waals surface area contributed by atoms with Crippen molar-refractivity contribution in [3.8, 4) is 5.75 Å². The Morgan fingerprint density at radius 2 is 1.83 bits per heavy atom. The van der Waals surface area contributed by atoms with Crippen molar-refractivity contribution >= 4 is 12.6 Å². The lowest BCUT2D eigenvalue weighted by molar-refractivity contribution is 0.00578. The van der Waals surface area contributed by atoms with E-state index in [1.165, 1.54) is 6.07 Å². The minimum absolute atomic E-state index is 0.235. The van der Waals surface area contributed by atoms with Crippen molar-refractivity contribution in [1.29, 1.82) is 0 Å². The van der Waals surface area contributed by atoms with Crippen LogP contribution >= 0.6 is 0 Å². The number of aliphatic hydroxyl groups is 1.